The van der Waals surface area contributed by atoms with Gasteiger partial charge in [-0.3, -0.25) is 4.90 Å². The lowest BCUT2D eigenvalue weighted by Crippen LogP contribution is -2.47. The average Bonchev–Trinajstić information content (AvgIpc) is 2.45. The molecule has 1 N–H and O–H groups in total. The van der Waals surface area contributed by atoms with Crippen molar-refractivity contribution in [2.75, 3.05) is 13.1 Å². The second kappa shape index (κ2) is 7.37. The molecule has 0 radical (unpaired) electrons. The molecule has 21 heavy (non-hydrogen) atoms. The van der Waals surface area contributed by atoms with Gasteiger partial charge in [-0.1, -0.05) is 19.1 Å². The molecule has 1 aromatic carbocycles. The monoisotopic (exact) mass is 292 g/mol. The summed E-state index contributed by atoms with van der Waals surface area (Å²) < 4.78 is 13.7. The van der Waals surface area contributed by atoms with Crippen molar-refractivity contribution in [3.8, 4) is 0 Å². The summed E-state index contributed by atoms with van der Waals surface area (Å²) in [6, 6.07) is 5.24. The first-order valence-corrected chi connectivity index (χ1v) is 8.24. The SMILES string of the molecule is CCCNC1CCN(Cc2cc(C)c(F)c(C)c2)C(C)C1. The normalized spacial score (nSPS) is 23.5. The van der Waals surface area contributed by atoms with Crippen LogP contribution in [0.1, 0.15) is 49.8 Å². The Balaban J connectivity index is 1.95. The molecule has 0 spiro atoms. The van der Waals surface area contributed by atoms with Crippen LogP contribution in [-0.2, 0) is 6.54 Å². The predicted molar refractivity (Wildman–Crippen MR) is 87.1 cm³/mol. The van der Waals surface area contributed by atoms with Crippen molar-refractivity contribution in [2.45, 2.75) is 65.6 Å². The number of likely N-dealkylation sites (tertiary alicyclic amines) is 1. The van der Waals surface area contributed by atoms with Crippen LogP contribution in [-0.4, -0.2) is 30.1 Å². The number of aryl methyl sites for hydroxylation is 2. The second-order valence-corrected chi connectivity index (χ2v) is 6.54. The molecule has 2 atom stereocenters. The molecule has 1 aliphatic rings. The summed E-state index contributed by atoms with van der Waals surface area (Å²) in [5.41, 5.74) is 2.76. The number of halogens is 1. The standard InChI is InChI=1S/C18H29FN2/c1-5-7-20-17-6-8-21(15(4)11-17)12-16-9-13(2)18(19)14(3)10-16/h9-10,15,17,20H,5-8,11-12H2,1-4H3. The Kier molecular flexibility index (Phi) is 5.77. The lowest BCUT2D eigenvalue weighted by atomic mass is 9.97. The first-order valence-electron chi connectivity index (χ1n) is 8.24. The van der Waals surface area contributed by atoms with Crippen molar-refractivity contribution < 1.29 is 4.39 Å². The lowest BCUT2D eigenvalue weighted by molar-refractivity contribution is 0.128. The van der Waals surface area contributed by atoms with Crippen LogP contribution < -0.4 is 5.32 Å². The molecular weight excluding hydrogens is 263 g/mol. The van der Waals surface area contributed by atoms with E-state index in [2.05, 4.69) is 24.1 Å². The van der Waals surface area contributed by atoms with Gasteiger partial charge >= 0.3 is 0 Å². The molecule has 2 rings (SSSR count). The Labute approximate surface area is 128 Å². The number of nitrogens with zero attached hydrogens (tertiary/aromatic N) is 1. The fourth-order valence-corrected chi connectivity index (χ4v) is 3.35. The van der Waals surface area contributed by atoms with E-state index in [1.54, 1.807) is 0 Å². The molecule has 0 aliphatic carbocycles. The van der Waals surface area contributed by atoms with Gasteiger partial charge in [-0.15, -0.1) is 0 Å². The summed E-state index contributed by atoms with van der Waals surface area (Å²) in [6.07, 6.45) is 3.62. The van der Waals surface area contributed by atoms with E-state index in [0.717, 1.165) is 30.8 Å². The minimum atomic E-state index is -0.0609. The Hall–Kier alpha value is -0.930. The zero-order valence-corrected chi connectivity index (χ0v) is 13.9. The number of hydrogen-bond acceptors (Lipinski definition) is 2. The number of hydrogen-bond donors (Lipinski definition) is 1. The van der Waals surface area contributed by atoms with Crippen LogP contribution in [0.25, 0.3) is 0 Å². The van der Waals surface area contributed by atoms with Crippen LogP contribution in [0.3, 0.4) is 0 Å². The molecule has 0 aromatic heterocycles. The van der Waals surface area contributed by atoms with E-state index in [-0.39, 0.29) is 5.82 Å². The van der Waals surface area contributed by atoms with Gasteiger partial charge in [0.1, 0.15) is 5.82 Å². The highest BCUT2D eigenvalue weighted by molar-refractivity contribution is 5.30. The van der Waals surface area contributed by atoms with Crippen LogP contribution in [0.4, 0.5) is 4.39 Å². The molecule has 3 heteroatoms. The van der Waals surface area contributed by atoms with Gasteiger partial charge in [-0.25, -0.2) is 4.39 Å². The first kappa shape index (κ1) is 16.4. The molecule has 1 fully saturated rings. The van der Waals surface area contributed by atoms with E-state index in [0.29, 0.717) is 12.1 Å². The molecule has 0 saturated carbocycles. The number of rotatable bonds is 5. The lowest BCUT2D eigenvalue weighted by Gasteiger charge is -2.38. The topological polar surface area (TPSA) is 15.3 Å². The van der Waals surface area contributed by atoms with E-state index < -0.39 is 0 Å². The average molecular weight is 292 g/mol. The molecule has 118 valence electrons. The van der Waals surface area contributed by atoms with E-state index >= 15 is 0 Å². The van der Waals surface area contributed by atoms with Crippen molar-refractivity contribution in [2.24, 2.45) is 0 Å². The van der Waals surface area contributed by atoms with E-state index in [1.165, 1.54) is 24.8 Å². The largest absolute Gasteiger partial charge is 0.314 e. The summed E-state index contributed by atoms with van der Waals surface area (Å²) in [6.45, 7) is 11.4. The summed E-state index contributed by atoms with van der Waals surface area (Å²) in [7, 11) is 0. The van der Waals surface area contributed by atoms with Crippen molar-refractivity contribution in [3.05, 3.63) is 34.6 Å². The molecular formula is C18H29FN2. The summed E-state index contributed by atoms with van der Waals surface area (Å²) >= 11 is 0. The molecule has 0 bridgehead atoms. The number of benzene rings is 1. The molecule has 2 nitrogen and oxygen atoms in total. The smallest absolute Gasteiger partial charge is 0.129 e. The number of nitrogens with one attached hydrogen (secondary N) is 1. The highest BCUT2D eigenvalue weighted by Crippen LogP contribution is 2.22. The zero-order valence-electron chi connectivity index (χ0n) is 13.9. The summed E-state index contributed by atoms with van der Waals surface area (Å²) in [5, 5.41) is 3.64. The Morgan fingerprint density at radius 3 is 2.52 bits per heavy atom. The maximum absolute atomic E-state index is 13.7. The third-order valence-corrected chi connectivity index (χ3v) is 4.58. The van der Waals surface area contributed by atoms with Gasteiger partial charge in [-0.2, -0.15) is 0 Å². The van der Waals surface area contributed by atoms with Crippen LogP contribution in [0.5, 0.6) is 0 Å². The third-order valence-electron chi connectivity index (χ3n) is 4.58. The molecule has 1 aliphatic heterocycles. The first-order chi connectivity index (χ1) is 10.0. The molecule has 1 heterocycles. The Morgan fingerprint density at radius 1 is 1.29 bits per heavy atom. The number of piperidine rings is 1. The fourth-order valence-electron chi connectivity index (χ4n) is 3.35. The molecule has 1 saturated heterocycles. The van der Waals surface area contributed by atoms with Gasteiger partial charge in [0.05, 0.1) is 0 Å². The van der Waals surface area contributed by atoms with Gasteiger partial charge in [-0.05, 0) is 63.3 Å². The van der Waals surface area contributed by atoms with Crippen molar-refractivity contribution >= 4 is 0 Å². The van der Waals surface area contributed by atoms with E-state index in [4.69, 9.17) is 0 Å². The van der Waals surface area contributed by atoms with Gasteiger partial charge in [0.2, 0.25) is 0 Å². The van der Waals surface area contributed by atoms with Crippen LogP contribution in [0.15, 0.2) is 12.1 Å². The van der Waals surface area contributed by atoms with Crippen molar-refractivity contribution in [3.63, 3.8) is 0 Å². The molecule has 0 amide bonds. The Bertz CT molecular complexity index is 449. The van der Waals surface area contributed by atoms with Gasteiger partial charge in [0, 0.05) is 25.2 Å². The van der Waals surface area contributed by atoms with Crippen molar-refractivity contribution in [1.82, 2.24) is 10.2 Å². The minimum Gasteiger partial charge on any atom is -0.314 e. The highest BCUT2D eigenvalue weighted by atomic mass is 19.1. The third kappa shape index (κ3) is 4.27. The Morgan fingerprint density at radius 2 is 1.95 bits per heavy atom. The predicted octanol–water partition coefficient (Wildman–Crippen LogP) is 3.80. The maximum atomic E-state index is 13.7. The van der Waals surface area contributed by atoms with Crippen LogP contribution in [0, 0.1) is 19.7 Å². The second-order valence-electron chi connectivity index (χ2n) is 6.54. The quantitative estimate of drug-likeness (QED) is 0.888. The fraction of sp³-hybridized carbons (Fsp3) is 0.667. The van der Waals surface area contributed by atoms with Gasteiger partial charge in [0.25, 0.3) is 0 Å². The van der Waals surface area contributed by atoms with Crippen LogP contribution >= 0.6 is 0 Å². The zero-order chi connectivity index (χ0) is 15.4. The van der Waals surface area contributed by atoms with Crippen LogP contribution in [0.2, 0.25) is 0 Å². The minimum absolute atomic E-state index is 0.0609. The van der Waals surface area contributed by atoms with Gasteiger partial charge in [0.15, 0.2) is 0 Å². The summed E-state index contributed by atoms with van der Waals surface area (Å²) in [5.74, 6) is -0.0609. The molecule has 1 aromatic rings. The maximum Gasteiger partial charge on any atom is 0.129 e. The molecule has 2 unspecified atom stereocenters. The summed E-state index contributed by atoms with van der Waals surface area (Å²) in [4.78, 5) is 2.52. The van der Waals surface area contributed by atoms with Gasteiger partial charge < -0.3 is 5.32 Å². The van der Waals surface area contributed by atoms with Crippen molar-refractivity contribution in [1.29, 1.82) is 0 Å². The highest BCUT2D eigenvalue weighted by Gasteiger charge is 2.25. The van der Waals surface area contributed by atoms with E-state index in [9.17, 15) is 4.39 Å². The van der Waals surface area contributed by atoms with E-state index in [1.807, 2.05) is 26.0 Å².